The monoisotopic (exact) mass is 323 g/mol. The van der Waals surface area contributed by atoms with Crippen LogP contribution in [0.5, 0.6) is 0 Å². The lowest BCUT2D eigenvalue weighted by Gasteiger charge is -2.39. The Hall–Kier alpha value is -1.10. The summed E-state index contributed by atoms with van der Waals surface area (Å²) in [6, 6.07) is 7.86. The summed E-state index contributed by atoms with van der Waals surface area (Å²) in [5, 5.41) is 0.668. The Bertz CT molecular complexity index is 510. The number of hydrogen-bond donors (Lipinski definition) is 0. The van der Waals surface area contributed by atoms with Gasteiger partial charge in [0, 0.05) is 37.2 Å². The lowest BCUT2D eigenvalue weighted by molar-refractivity contribution is -0.138. The van der Waals surface area contributed by atoms with E-state index in [9.17, 15) is 4.79 Å². The molecule has 22 heavy (non-hydrogen) atoms. The SMILES string of the molecule is CC(C)N1CCN(C(=O)C(c2cccc(Cl)c2)N(C)C)CC1. The largest absolute Gasteiger partial charge is 0.338 e. The molecule has 5 heteroatoms. The van der Waals surface area contributed by atoms with Crippen LogP contribution >= 0.6 is 11.6 Å². The molecule has 0 saturated carbocycles. The third kappa shape index (κ3) is 4.00. The van der Waals surface area contributed by atoms with Gasteiger partial charge in [-0.15, -0.1) is 0 Å². The summed E-state index contributed by atoms with van der Waals surface area (Å²) in [5.41, 5.74) is 0.953. The third-order valence-corrected chi connectivity index (χ3v) is 4.51. The van der Waals surface area contributed by atoms with Gasteiger partial charge in [-0.05, 0) is 45.6 Å². The minimum atomic E-state index is -0.274. The Labute approximate surface area is 138 Å². The number of likely N-dealkylation sites (N-methyl/N-ethyl adjacent to an activating group) is 1. The zero-order valence-electron chi connectivity index (χ0n) is 13.9. The average Bonchev–Trinajstić information content (AvgIpc) is 2.47. The van der Waals surface area contributed by atoms with Crippen LogP contribution in [0.4, 0.5) is 0 Å². The van der Waals surface area contributed by atoms with Gasteiger partial charge in [-0.2, -0.15) is 0 Å². The first-order valence-corrected chi connectivity index (χ1v) is 8.22. The molecule has 0 aromatic heterocycles. The quantitative estimate of drug-likeness (QED) is 0.852. The summed E-state index contributed by atoms with van der Waals surface area (Å²) >= 11 is 6.09. The number of hydrogen-bond acceptors (Lipinski definition) is 3. The zero-order valence-corrected chi connectivity index (χ0v) is 14.7. The van der Waals surface area contributed by atoms with E-state index in [1.54, 1.807) is 0 Å². The molecule has 1 amide bonds. The first kappa shape index (κ1) is 17.3. The molecule has 2 rings (SSSR count). The highest BCUT2D eigenvalue weighted by Gasteiger charge is 2.30. The van der Waals surface area contributed by atoms with Crippen LogP contribution in [0, 0.1) is 0 Å². The van der Waals surface area contributed by atoms with Crippen molar-refractivity contribution < 1.29 is 4.79 Å². The van der Waals surface area contributed by atoms with E-state index in [-0.39, 0.29) is 11.9 Å². The van der Waals surface area contributed by atoms with Crippen molar-refractivity contribution >= 4 is 17.5 Å². The molecule has 0 bridgehead atoms. The zero-order chi connectivity index (χ0) is 16.3. The minimum Gasteiger partial charge on any atom is -0.338 e. The Balaban J connectivity index is 2.11. The highest BCUT2D eigenvalue weighted by Crippen LogP contribution is 2.24. The maximum atomic E-state index is 13.0. The summed E-state index contributed by atoms with van der Waals surface area (Å²) < 4.78 is 0. The van der Waals surface area contributed by atoms with Crippen molar-refractivity contribution in [3.8, 4) is 0 Å². The summed E-state index contributed by atoms with van der Waals surface area (Å²) in [4.78, 5) is 19.3. The second kappa shape index (κ2) is 7.44. The number of amides is 1. The Kier molecular flexibility index (Phi) is 5.84. The number of nitrogens with zero attached hydrogens (tertiary/aromatic N) is 3. The Morgan fingerprint density at radius 2 is 1.82 bits per heavy atom. The maximum absolute atomic E-state index is 13.0. The van der Waals surface area contributed by atoms with Crippen molar-refractivity contribution in [1.82, 2.24) is 14.7 Å². The molecule has 1 aromatic rings. The molecule has 122 valence electrons. The third-order valence-electron chi connectivity index (χ3n) is 4.27. The molecule has 1 fully saturated rings. The fourth-order valence-electron chi connectivity index (χ4n) is 2.97. The Morgan fingerprint density at radius 1 is 1.18 bits per heavy atom. The fourth-order valence-corrected chi connectivity index (χ4v) is 3.17. The molecule has 1 aliphatic rings. The molecular weight excluding hydrogens is 298 g/mol. The van der Waals surface area contributed by atoms with Gasteiger partial charge in [0.1, 0.15) is 6.04 Å². The molecular formula is C17H26ClN3O. The molecule has 1 atom stereocenters. The minimum absolute atomic E-state index is 0.163. The van der Waals surface area contributed by atoms with Crippen LogP contribution in [0.15, 0.2) is 24.3 Å². The second-order valence-corrected chi connectivity index (χ2v) is 6.81. The summed E-state index contributed by atoms with van der Waals surface area (Å²) in [6.07, 6.45) is 0. The normalized spacial score (nSPS) is 18.0. The lowest BCUT2D eigenvalue weighted by Crippen LogP contribution is -2.52. The first-order valence-electron chi connectivity index (χ1n) is 7.85. The summed E-state index contributed by atoms with van der Waals surface area (Å²) in [5.74, 6) is 0.163. The molecule has 4 nitrogen and oxygen atoms in total. The molecule has 0 spiro atoms. The highest BCUT2D eigenvalue weighted by atomic mass is 35.5. The lowest BCUT2D eigenvalue weighted by atomic mass is 10.0. The van der Waals surface area contributed by atoms with Crippen molar-refractivity contribution in [1.29, 1.82) is 0 Å². The molecule has 1 aliphatic heterocycles. The van der Waals surface area contributed by atoms with Crippen LogP contribution in [0.3, 0.4) is 0 Å². The number of benzene rings is 1. The van der Waals surface area contributed by atoms with Crippen molar-refractivity contribution in [2.45, 2.75) is 25.9 Å². The van der Waals surface area contributed by atoms with E-state index in [1.807, 2.05) is 48.2 Å². The number of carbonyl (C=O) groups excluding carboxylic acids is 1. The van der Waals surface area contributed by atoms with Gasteiger partial charge in [0.25, 0.3) is 0 Å². The fraction of sp³-hybridized carbons (Fsp3) is 0.588. The van der Waals surface area contributed by atoms with Gasteiger partial charge in [0.2, 0.25) is 5.91 Å². The van der Waals surface area contributed by atoms with Crippen molar-refractivity contribution in [2.75, 3.05) is 40.3 Å². The highest BCUT2D eigenvalue weighted by molar-refractivity contribution is 6.30. The van der Waals surface area contributed by atoms with Gasteiger partial charge in [0.15, 0.2) is 0 Å². The van der Waals surface area contributed by atoms with Crippen molar-refractivity contribution in [3.63, 3.8) is 0 Å². The molecule has 1 saturated heterocycles. The van der Waals surface area contributed by atoms with Crippen LogP contribution in [-0.4, -0.2) is 66.9 Å². The van der Waals surface area contributed by atoms with Gasteiger partial charge in [0.05, 0.1) is 0 Å². The number of rotatable bonds is 4. The van der Waals surface area contributed by atoms with Gasteiger partial charge in [-0.25, -0.2) is 0 Å². The van der Waals surface area contributed by atoms with Crippen LogP contribution in [0.25, 0.3) is 0 Å². The van der Waals surface area contributed by atoms with E-state index in [1.165, 1.54) is 0 Å². The van der Waals surface area contributed by atoms with Crippen molar-refractivity contribution in [3.05, 3.63) is 34.9 Å². The molecule has 0 N–H and O–H groups in total. The van der Waals surface area contributed by atoms with Gasteiger partial charge < -0.3 is 4.90 Å². The van der Waals surface area contributed by atoms with Gasteiger partial charge in [-0.3, -0.25) is 14.6 Å². The predicted molar refractivity (Wildman–Crippen MR) is 91.2 cm³/mol. The van der Waals surface area contributed by atoms with E-state index in [4.69, 9.17) is 11.6 Å². The molecule has 1 unspecified atom stereocenters. The number of carbonyl (C=O) groups is 1. The van der Waals surface area contributed by atoms with E-state index >= 15 is 0 Å². The van der Waals surface area contributed by atoms with Crippen LogP contribution in [0.1, 0.15) is 25.5 Å². The van der Waals surface area contributed by atoms with E-state index < -0.39 is 0 Å². The van der Waals surface area contributed by atoms with E-state index in [0.717, 1.165) is 31.7 Å². The predicted octanol–water partition coefficient (Wildman–Crippen LogP) is 2.50. The maximum Gasteiger partial charge on any atom is 0.244 e. The van der Waals surface area contributed by atoms with Gasteiger partial charge >= 0.3 is 0 Å². The number of halogens is 1. The van der Waals surface area contributed by atoms with Crippen LogP contribution in [-0.2, 0) is 4.79 Å². The number of piperazine rings is 1. The van der Waals surface area contributed by atoms with Crippen LogP contribution in [0.2, 0.25) is 5.02 Å². The molecule has 1 aromatic carbocycles. The second-order valence-electron chi connectivity index (χ2n) is 6.38. The average molecular weight is 324 g/mol. The van der Waals surface area contributed by atoms with Crippen LogP contribution < -0.4 is 0 Å². The molecule has 0 radical (unpaired) electrons. The topological polar surface area (TPSA) is 26.8 Å². The molecule has 0 aliphatic carbocycles. The van der Waals surface area contributed by atoms with Crippen molar-refractivity contribution in [2.24, 2.45) is 0 Å². The first-order chi connectivity index (χ1) is 10.4. The van der Waals surface area contributed by atoms with E-state index in [0.29, 0.717) is 11.1 Å². The van der Waals surface area contributed by atoms with E-state index in [2.05, 4.69) is 18.7 Å². The standard InChI is InChI=1S/C17H26ClN3O/c1-13(2)20-8-10-21(11-9-20)17(22)16(19(3)4)14-6-5-7-15(18)12-14/h5-7,12-13,16H,8-11H2,1-4H3. The smallest absolute Gasteiger partial charge is 0.244 e. The van der Waals surface area contributed by atoms with Gasteiger partial charge in [-0.1, -0.05) is 23.7 Å². The summed E-state index contributed by atoms with van der Waals surface area (Å²) in [6.45, 7) is 7.88. The Morgan fingerprint density at radius 3 is 2.32 bits per heavy atom. The molecule has 1 heterocycles. The summed E-state index contributed by atoms with van der Waals surface area (Å²) in [7, 11) is 3.88.